The average Bonchev–Trinajstić information content (AvgIpc) is 2.63. The van der Waals surface area contributed by atoms with E-state index >= 15 is 0 Å². The van der Waals surface area contributed by atoms with Crippen LogP contribution in [0.4, 0.5) is 0 Å². The Hall–Kier alpha value is -1.14. The van der Waals surface area contributed by atoms with Crippen molar-refractivity contribution < 1.29 is 14.6 Å². The minimum atomic E-state index is -0.446. The molecular weight excluding hydrogens is 304 g/mol. The molecule has 5 nitrogen and oxygen atoms in total. The second kappa shape index (κ2) is 9.37. The molecule has 2 fully saturated rings. The van der Waals surface area contributed by atoms with Crippen LogP contribution in [0.2, 0.25) is 0 Å². The van der Waals surface area contributed by atoms with Gasteiger partial charge in [0.2, 0.25) is 0 Å². The Kier molecular flexibility index (Phi) is 6.90. The van der Waals surface area contributed by atoms with Gasteiger partial charge in [-0.25, -0.2) is 0 Å². The Morgan fingerprint density at radius 1 is 1.08 bits per heavy atom. The Morgan fingerprint density at radius 3 is 2.54 bits per heavy atom. The molecule has 0 bridgehead atoms. The van der Waals surface area contributed by atoms with Gasteiger partial charge in [-0.2, -0.15) is 0 Å². The van der Waals surface area contributed by atoms with Crippen molar-refractivity contribution in [3.63, 3.8) is 0 Å². The first-order chi connectivity index (χ1) is 11.8. The van der Waals surface area contributed by atoms with Gasteiger partial charge in [0.05, 0.1) is 6.10 Å². The lowest BCUT2D eigenvalue weighted by atomic mass is 10.1. The maximum Gasteiger partial charge on any atom is 0.119 e. The molecule has 1 aromatic rings. The summed E-state index contributed by atoms with van der Waals surface area (Å²) in [5, 5.41) is 10.2. The molecule has 2 heterocycles. The first kappa shape index (κ1) is 17.7. The molecule has 2 aliphatic heterocycles. The molecule has 5 heteroatoms. The fourth-order valence-electron chi connectivity index (χ4n) is 3.45. The van der Waals surface area contributed by atoms with Gasteiger partial charge >= 0.3 is 0 Å². The van der Waals surface area contributed by atoms with E-state index < -0.39 is 6.10 Å². The maximum absolute atomic E-state index is 10.2. The van der Waals surface area contributed by atoms with Gasteiger partial charge in [0.25, 0.3) is 0 Å². The van der Waals surface area contributed by atoms with Crippen molar-refractivity contribution in [1.82, 2.24) is 9.80 Å². The number of aliphatic hydroxyl groups excluding tert-OH is 1. The highest BCUT2D eigenvalue weighted by Crippen LogP contribution is 2.15. The van der Waals surface area contributed by atoms with Crippen LogP contribution >= 0.6 is 0 Å². The molecule has 0 aromatic heterocycles. The van der Waals surface area contributed by atoms with Gasteiger partial charge in [-0.1, -0.05) is 18.2 Å². The predicted octanol–water partition coefficient (Wildman–Crippen LogP) is 1.61. The molecule has 0 saturated carbocycles. The highest BCUT2D eigenvalue weighted by molar-refractivity contribution is 5.20. The van der Waals surface area contributed by atoms with Crippen LogP contribution in [0, 0.1) is 0 Å². The highest BCUT2D eigenvalue weighted by Gasteiger charge is 2.23. The monoisotopic (exact) mass is 334 g/mol. The van der Waals surface area contributed by atoms with Gasteiger partial charge in [0, 0.05) is 45.9 Å². The van der Waals surface area contributed by atoms with Crippen molar-refractivity contribution in [3.05, 3.63) is 30.3 Å². The molecule has 0 amide bonds. The third-order valence-corrected chi connectivity index (χ3v) is 4.86. The van der Waals surface area contributed by atoms with Crippen LogP contribution in [0.15, 0.2) is 30.3 Å². The molecule has 0 spiro atoms. The smallest absolute Gasteiger partial charge is 0.119 e. The van der Waals surface area contributed by atoms with Gasteiger partial charge in [0.15, 0.2) is 0 Å². The zero-order valence-corrected chi connectivity index (χ0v) is 14.5. The summed E-state index contributed by atoms with van der Waals surface area (Å²) in [6.07, 6.45) is 3.70. The topological polar surface area (TPSA) is 45.2 Å². The van der Waals surface area contributed by atoms with E-state index in [0.717, 1.165) is 45.1 Å². The molecule has 2 aliphatic rings. The quantitative estimate of drug-likeness (QED) is 0.821. The zero-order chi connectivity index (χ0) is 16.6. The van der Waals surface area contributed by atoms with Gasteiger partial charge in [-0.3, -0.25) is 9.80 Å². The van der Waals surface area contributed by atoms with Crippen molar-refractivity contribution in [1.29, 1.82) is 0 Å². The summed E-state index contributed by atoms with van der Waals surface area (Å²) in [5.41, 5.74) is 0. The summed E-state index contributed by atoms with van der Waals surface area (Å²) < 4.78 is 11.5. The zero-order valence-electron chi connectivity index (χ0n) is 14.5. The molecule has 134 valence electrons. The number of hydrogen-bond donors (Lipinski definition) is 1. The van der Waals surface area contributed by atoms with Gasteiger partial charge in [0.1, 0.15) is 18.5 Å². The molecule has 2 unspecified atom stereocenters. The van der Waals surface area contributed by atoms with Crippen molar-refractivity contribution in [2.75, 3.05) is 52.5 Å². The Labute approximate surface area is 145 Å². The predicted molar refractivity (Wildman–Crippen MR) is 94.4 cm³/mol. The minimum Gasteiger partial charge on any atom is -0.491 e. The second-order valence-corrected chi connectivity index (χ2v) is 6.87. The van der Waals surface area contributed by atoms with Gasteiger partial charge in [-0.05, 0) is 31.4 Å². The SMILES string of the molecule is OC(COc1ccccc1)CN1CCN(CC2CCCCO2)CC1. The van der Waals surface area contributed by atoms with Crippen LogP contribution in [0.1, 0.15) is 19.3 Å². The van der Waals surface area contributed by atoms with E-state index in [-0.39, 0.29) is 0 Å². The second-order valence-electron chi connectivity index (χ2n) is 6.87. The van der Waals surface area contributed by atoms with Crippen LogP contribution < -0.4 is 4.74 Å². The van der Waals surface area contributed by atoms with E-state index in [9.17, 15) is 5.11 Å². The highest BCUT2D eigenvalue weighted by atomic mass is 16.5. The number of piperazine rings is 1. The van der Waals surface area contributed by atoms with E-state index in [0.29, 0.717) is 19.3 Å². The number of ether oxygens (including phenoxy) is 2. The summed E-state index contributed by atoms with van der Waals surface area (Å²) >= 11 is 0. The molecule has 24 heavy (non-hydrogen) atoms. The number of hydrogen-bond acceptors (Lipinski definition) is 5. The molecule has 0 radical (unpaired) electrons. The third kappa shape index (κ3) is 5.74. The summed E-state index contributed by atoms with van der Waals surface area (Å²) in [4.78, 5) is 4.83. The number of para-hydroxylation sites is 1. The Balaban J connectivity index is 1.31. The molecule has 3 rings (SSSR count). The molecule has 2 saturated heterocycles. The number of rotatable bonds is 7. The van der Waals surface area contributed by atoms with Crippen LogP contribution in [-0.4, -0.2) is 79.6 Å². The third-order valence-electron chi connectivity index (χ3n) is 4.86. The van der Waals surface area contributed by atoms with E-state index in [2.05, 4.69) is 9.80 Å². The maximum atomic E-state index is 10.2. The van der Waals surface area contributed by atoms with Crippen LogP contribution in [0.5, 0.6) is 5.75 Å². The molecule has 0 aliphatic carbocycles. The number of aliphatic hydroxyl groups is 1. The standard InChI is InChI=1S/C19H30N2O3/c22-17(16-24-18-6-2-1-3-7-18)14-20-9-11-21(12-10-20)15-19-8-4-5-13-23-19/h1-3,6-7,17,19,22H,4-5,8-16H2. The lowest BCUT2D eigenvalue weighted by Crippen LogP contribution is -2.51. The lowest BCUT2D eigenvalue weighted by Gasteiger charge is -2.37. The molecule has 1 N–H and O–H groups in total. The van der Waals surface area contributed by atoms with E-state index in [1.807, 2.05) is 30.3 Å². The summed E-state index contributed by atoms with van der Waals surface area (Å²) in [6, 6.07) is 9.67. The van der Waals surface area contributed by atoms with Crippen LogP contribution in [0.25, 0.3) is 0 Å². The molecule has 1 aromatic carbocycles. The number of benzene rings is 1. The van der Waals surface area contributed by atoms with Crippen molar-refractivity contribution in [3.8, 4) is 5.75 Å². The van der Waals surface area contributed by atoms with Crippen molar-refractivity contribution >= 4 is 0 Å². The Bertz CT molecular complexity index is 457. The average molecular weight is 334 g/mol. The largest absolute Gasteiger partial charge is 0.491 e. The van der Waals surface area contributed by atoms with Crippen LogP contribution in [-0.2, 0) is 4.74 Å². The first-order valence-corrected chi connectivity index (χ1v) is 9.22. The fraction of sp³-hybridized carbons (Fsp3) is 0.684. The van der Waals surface area contributed by atoms with E-state index in [1.54, 1.807) is 0 Å². The van der Waals surface area contributed by atoms with Crippen molar-refractivity contribution in [2.24, 2.45) is 0 Å². The van der Waals surface area contributed by atoms with E-state index in [1.165, 1.54) is 19.3 Å². The first-order valence-electron chi connectivity index (χ1n) is 9.22. The summed E-state index contributed by atoms with van der Waals surface area (Å²) in [5.74, 6) is 0.814. The summed E-state index contributed by atoms with van der Waals surface area (Å²) in [6.45, 7) is 7.16. The van der Waals surface area contributed by atoms with Crippen LogP contribution in [0.3, 0.4) is 0 Å². The van der Waals surface area contributed by atoms with Gasteiger partial charge < -0.3 is 14.6 Å². The normalized spacial score (nSPS) is 24.6. The minimum absolute atomic E-state index is 0.347. The molecular formula is C19H30N2O3. The number of nitrogens with zero attached hydrogens (tertiary/aromatic N) is 2. The lowest BCUT2D eigenvalue weighted by molar-refractivity contribution is -0.0182. The summed E-state index contributed by atoms with van der Waals surface area (Å²) in [7, 11) is 0. The van der Waals surface area contributed by atoms with Crippen molar-refractivity contribution in [2.45, 2.75) is 31.5 Å². The Morgan fingerprint density at radius 2 is 1.83 bits per heavy atom. The van der Waals surface area contributed by atoms with E-state index in [4.69, 9.17) is 9.47 Å². The number of β-amino-alcohol motifs (C(OH)–C–C–N with tert-alkyl or cyclic N) is 1. The fourth-order valence-corrected chi connectivity index (χ4v) is 3.45. The molecule has 2 atom stereocenters. The van der Waals surface area contributed by atoms with Gasteiger partial charge in [-0.15, -0.1) is 0 Å².